The average Bonchev–Trinajstić information content (AvgIpc) is 3.36. The van der Waals surface area contributed by atoms with E-state index in [0.29, 0.717) is 12.2 Å². The number of amides is 1. The summed E-state index contributed by atoms with van der Waals surface area (Å²) in [6.07, 6.45) is 2.18. The summed E-state index contributed by atoms with van der Waals surface area (Å²) in [5, 5.41) is 7.21. The summed E-state index contributed by atoms with van der Waals surface area (Å²) in [6.45, 7) is 1.86. The normalized spacial score (nSPS) is 18.6. The molecule has 0 radical (unpaired) electrons. The predicted molar refractivity (Wildman–Crippen MR) is 94.1 cm³/mol. The number of carbonyl (C=O) groups excluding carboxylic acids is 1. The molecule has 1 aromatic heterocycles. The molecule has 2 atom stereocenters. The van der Waals surface area contributed by atoms with Gasteiger partial charge in [0.2, 0.25) is 5.91 Å². The number of aromatic nitrogens is 2. The van der Waals surface area contributed by atoms with Crippen LogP contribution in [0.2, 0.25) is 0 Å². The molecule has 0 spiro atoms. The first-order chi connectivity index (χ1) is 12.5. The first-order valence-corrected chi connectivity index (χ1v) is 8.40. The zero-order valence-corrected chi connectivity index (χ0v) is 14.1. The smallest absolute Gasteiger partial charge is 0.229 e. The van der Waals surface area contributed by atoms with Crippen LogP contribution in [0.5, 0.6) is 0 Å². The van der Waals surface area contributed by atoms with Crippen molar-refractivity contribution in [2.24, 2.45) is 5.92 Å². The Hall–Kier alpha value is -3.02. The molecule has 3 aromatic rings. The highest BCUT2D eigenvalue weighted by atomic mass is 19.1. The van der Waals surface area contributed by atoms with E-state index in [1.165, 1.54) is 6.07 Å². The minimum Gasteiger partial charge on any atom is -0.310 e. The SMILES string of the molecule is Cc1cnn(-c2ccccc2)c1NC(=O)[C@H]1C[C@H]1c1cc(F)ccc1F. The van der Waals surface area contributed by atoms with Crippen LogP contribution in [0.4, 0.5) is 14.6 Å². The Morgan fingerprint density at radius 3 is 2.73 bits per heavy atom. The van der Waals surface area contributed by atoms with Gasteiger partial charge in [0.25, 0.3) is 0 Å². The van der Waals surface area contributed by atoms with Gasteiger partial charge in [-0.25, -0.2) is 13.5 Å². The number of rotatable bonds is 4. The number of hydrogen-bond donors (Lipinski definition) is 1. The third-order valence-electron chi connectivity index (χ3n) is 4.68. The molecule has 132 valence electrons. The fourth-order valence-corrected chi connectivity index (χ4v) is 3.18. The Bertz CT molecular complexity index is 968. The number of halogens is 2. The van der Waals surface area contributed by atoms with Gasteiger partial charge in [-0.2, -0.15) is 5.10 Å². The van der Waals surface area contributed by atoms with E-state index in [1.54, 1.807) is 10.9 Å². The van der Waals surface area contributed by atoms with Gasteiger partial charge in [0.1, 0.15) is 17.5 Å². The van der Waals surface area contributed by atoms with E-state index >= 15 is 0 Å². The molecule has 26 heavy (non-hydrogen) atoms. The van der Waals surface area contributed by atoms with Crippen LogP contribution >= 0.6 is 0 Å². The van der Waals surface area contributed by atoms with E-state index in [2.05, 4.69) is 10.4 Å². The number of benzene rings is 2. The summed E-state index contributed by atoms with van der Waals surface area (Å²) in [6, 6.07) is 12.8. The standard InChI is InChI=1S/C20H17F2N3O/c1-12-11-23-25(14-5-3-2-4-6-14)19(12)24-20(26)17-10-15(17)16-9-13(21)7-8-18(16)22/h2-9,11,15,17H,10H2,1H3,(H,24,26)/t15-,17-/m0/s1. The van der Waals surface area contributed by atoms with Crippen molar-refractivity contribution in [3.05, 3.63) is 77.5 Å². The van der Waals surface area contributed by atoms with E-state index in [-0.39, 0.29) is 23.3 Å². The summed E-state index contributed by atoms with van der Waals surface area (Å²) in [7, 11) is 0. The molecule has 1 heterocycles. The molecule has 1 aliphatic carbocycles. The second kappa shape index (κ2) is 6.37. The molecule has 0 unspecified atom stereocenters. The maximum Gasteiger partial charge on any atom is 0.229 e. The van der Waals surface area contributed by atoms with Crippen LogP contribution in [-0.2, 0) is 4.79 Å². The van der Waals surface area contributed by atoms with Gasteiger partial charge >= 0.3 is 0 Å². The largest absolute Gasteiger partial charge is 0.310 e. The van der Waals surface area contributed by atoms with Crippen LogP contribution in [0.15, 0.2) is 54.7 Å². The maximum atomic E-state index is 13.9. The Kier molecular flexibility index (Phi) is 4.03. The van der Waals surface area contributed by atoms with E-state index in [9.17, 15) is 13.6 Å². The lowest BCUT2D eigenvalue weighted by atomic mass is 10.1. The highest BCUT2D eigenvalue weighted by Gasteiger charge is 2.45. The van der Waals surface area contributed by atoms with Gasteiger partial charge in [-0.05, 0) is 55.2 Å². The summed E-state index contributed by atoms with van der Waals surface area (Å²) in [5.74, 6) is -1.25. The van der Waals surface area contributed by atoms with Crippen molar-refractivity contribution in [3.63, 3.8) is 0 Å². The van der Waals surface area contributed by atoms with Crippen LogP contribution in [0.1, 0.15) is 23.5 Å². The number of hydrogen-bond acceptors (Lipinski definition) is 2. The first kappa shape index (κ1) is 16.4. The summed E-state index contributed by atoms with van der Waals surface area (Å²) in [4.78, 5) is 12.6. The lowest BCUT2D eigenvalue weighted by Crippen LogP contribution is -2.18. The van der Waals surface area contributed by atoms with Crippen LogP contribution in [0.3, 0.4) is 0 Å². The fraction of sp³-hybridized carbons (Fsp3) is 0.200. The second-order valence-corrected chi connectivity index (χ2v) is 6.53. The predicted octanol–water partition coefficient (Wildman–Crippen LogP) is 4.20. The third-order valence-corrected chi connectivity index (χ3v) is 4.68. The van der Waals surface area contributed by atoms with Gasteiger partial charge in [-0.1, -0.05) is 18.2 Å². The molecule has 4 nitrogen and oxygen atoms in total. The zero-order chi connectivity index (χ0) is 18.3. The molecule has 1 amide bonds. The number of nitrogens with one attached hydrogen (secondary N) is 1. The monoisotopic (exact) mass is 353 g/mol. The van der Waals surface area contributed by atoms with Crippen LogP contribution in [0.25, 0.3) is 5.69 Å². The Balaban J connectivity index is 1.54. The fourth-order valence-electron chi connectivity index (χ4n) is 3.18. The molecular weight excluding hydrogens is 336 g/mol. The molecule has 1 fully saturated rings. The van der Waals surface area contributed by atoms with Crippen molar-refractivity contribution in [1.29, 1.82) is 0 Å². The van der Waals surface area contributed by atoms with Crippen molar-refractivity contribution in [3.8, 4) is 5.69 Å². The van der Waals surface area contributed by atoms with E-state index in [1.807, 2.05) is 37.3 Å². The summed E-state index contributed by atoms with van der Waals surface area (Å²) >= 11 is 0. The van der Waals surface area contributed by atoms with Gasteiger partial charge in [0.05, 0.1) is 11.9 Å². The van der Waals surface area contributed by atoms with Gasteiger partial charge < -0.3 is 5.32 Å². The first-order valence-electron chi connectivity index (χ1n) is 8.40. The summed E-state index contributed by atoms with van der Waals surface area (Å²) < 4.78 is 29.0. The number of carbonyl (C=O) groups is 1. The van der Waals surface area contributed by atoms with E-state index < -0.39 is 11.6 Å². The molecule has 6 heteroatoms. The molecular formula is C20H17F2N3O. The average molecular weight is 353 g/mol. The van der Waals surface area contributed by atoms with Crippen LogP contribution < -0.4 is 5.32 Å². The number of aryl methyl sites for hydroxylation is 1. The zero-order valence-electron chi connectivity index (χ0n) is 14.1. The number of nitrogens with zero attached hydrogens (tertiary/aromatic N) is 2. The van der Waals surface area contributed by atoms with E-state index in [4.69, 9.17) is 0 Å². The third kappa shape index (κ3) is 2.98. The van der Waals surface area contributed by atoms with Crippen molar-refractivity contribution < 1.29 is 13.6 Å². The lowest BCUT2D eigenvalue weighted by Gasteiger charge is -2.10. The topological polar surface area (TPSA) is 46.9 Å². The van der Waals surface area contributed by atoms with Gasteiger partial charge in [0, 0.05) is 11.5 Å². The molecule has 1 aliphatic rings. The van der Waals surface area contributed by atoms with Crippen molar-refractivity contribution in [2.45, 2.75) is 19.3 Å². The van der Waals surface area contributed by atoms with Gasteiger partial charge in [0.15, 0.2) is 0 Å². The number of anilines is 1. The van der Waals surface area contributed by atoms with Gasteiger partial charge in [-0.15, -0.1) is 0 Å². The van der Waals surface area contributed by atoms with Crippen molar-refractivity contribution >= 4 is 11.7 Å². The van der Waals surface area contributed by atoms with Crippen LogP contribution in [0, 0.1) is 24.5 Å². The molecule has 4 rings (SSSR count). The summed E-state index contributed by atoms with van der Waals surface area (Å²) in [5.41, 5.74) is 1.93. The molecule has 0 saturated heterocycles. The second-order valence-electron chi connectivity index (χ2n) is 6.53. The highest BCUT2D eigenvalue weighted by molar-refractivity contribution is 5.95. The molecule has 2 aromatic carbocycles. The lowest BCUT2D eigenvalue weighted by molar-refractivity contribution is -0.117. The maximum absolute atomic E-state index is 13.9. The van der Waals surface area contributed by atoms with Crippen molar-refractivity contribution in [2.75, 3.05) is 5.32 Å². The molecule has 1 N–H and O–H groups in total. The molecule has 0 aliphatic heterocycles. The minimum absolute atomic E-state index is 0.209. The Morgan fingerprint density at radius 1 is 1.19 bits per heavy atom. The van der Waals surface area contributed by atoms with Crippen LogP contribution in [-0.4, -0.2) is 15.7 Å². The molecule has 0 bridgehead atoms. The Labute approximate surface area is 149 Å². The Morgan fingerprint density at radius 2 is 1.96 bits per heavy atom. The van der Waals surface area contributed by atoms with Gasteiger partial charge in [-0.3, -0.25) is 4.79 Å². The number of para-hydroxylation sites is 1. The minimum atomic E-state index is -0.495. The highest BCUT2D eigenvalue weighted by Crippen LogP contribution is 2.49. The quantitative estimate of drug-likeness (QED) is 0.764. The van der Waals surface area contributed by atoms with Crippen molar-refractivity contribution in [1.82, 2.24) is 9.78 Å². The van der Waals surface area contributed by atoms with E-state index in [0.717, 1.165) is 23.4 Å². The molecule has 1 saturated carbocycles.